The monoisotopic (exact) mass is 286 g/mol. The maximum absolute atomic E-state index is 4.94. The summed E-state index contributed by atoms with van der Waals surface area (Å²) in [6.45, 7) is 3.20. The van der Waals surface area contributed by atoms with Gasteiger partial charge in [-0.1, -0.05) is 0 Å². The average Bonchev–Trinajstić information content (AvgIpc) is 3.14. The highest BCUT2D eigenvalue weighted by Crippen LogP contribution is 2.33. The minimum absolute atomic E-state index is 0.296. The number of hydrogen-bond donors (Lipinski definition) is 2. The minimum Gasteiger partial charge on any atom is -0.370 e. The second-order valence-corrected chi connectivity index (χ2v) is 6.03. The minimum atomic E-state index is 0.296. The average molecular weight is 286 g/mol. The predicted octanol–water partition coefficient (Wildman–Crippen LogP) is 1.49. The van der Waals surface area contributed by atoms with E-state index in [1.165, 1.54) is 24.2 Å². The molecular formula is C15H22N6. The lowest BCUT2D eigenvalue weighted by Crippen LogP contribution is -2.27. The number of piperidine rings is 1. The molecule has 0 radical (unpaired) electrons. The predicted molar refractivity (Wildman–Crippen MR) is 81.5 cm³/mol. The first-order chi connectivity index (χ1) is 10.3. The lowest BCUT2D eigenvalue weighted by atomic mass is 9.95. The topological polar surface area (TPSA) is 59.7 Å². The molecule has 0 saturated carbocycles. The maximum atomic E-state index is 4.94. The first kappa shape index (κ1) is 12.9. The van der Waals surface area contributed by atoms with Crippen molar-refractivity contribution in [2.24, 2.45) is 7.05 Å². The van der Waals surface area contributed by atoms with Crippen molar-refractivity contribution in [2.75, 3.05) is 25.0 Å². The third kappa shape index (κ3) is 2.23. The van der Waals surface area contributed by atoms with E-state index in [2.05, 4.69) is 32.5 Å². The molecule has 21 heavy (non-hydrogen) atoms. The number of aromatic nitrogens is 4. The number of rotatable bonds is 2. The molecule has 1 fully saturated rings. The van der Waals surface area contributed by atoms with Gasteiger partial charge < -0.3 is 10.6 Å². The Hall–Kier alpha value is -1.82. The third-order valence-electron chi connectivity index (χ3n) is 4.73. The largest absolute Gasteiger partial charge is 0.370 e. The van der Waals surface area contributed by atoms with Crippen molar-refractivity contribution in [3.05, 3.63) is 29.7 Å². The Bertz CT molecular complexity index is 622. The fourth-order valence-electron chi connectivity index (χ4n) is 3.54. The van der Waals surface area contributed by atoms with Gasteiger partial charge >= 0.3 is 0 Å². The molecule has 0 bridgehead atoms. The molecule has 1 unspecified atom stereocenters. The first-order valence-electron chi connectivity index (χ1n) is 7.85. The molecule has 0 spiro atoms. The van der Waals surface area contributed by atoms with E-state index in [0.717, 1.165) is 31.9 Å². The summed E-state index contributed by atoms with van der Waals surface area (Å²) in [6.07, 6.45) is 5.30. The molecule has 0 amide bonds. The second-order valence-electron chi connectivity index (χ2n) is 6.03. The Labute approximate surface area is 124 Å². The Kier molecular flexibility index (Phi) is 3.18. The van der Waals surface area contributed by atoms with Crippen LogP contribution in [0.2, 0.25) is 0 Å². The number of hydrogen-bond acceptors (Lipinski definition) is 4. The van der Waals surface area contributed by atoms with Crippen LogP contribution < -0.4 is 10.6 Å². The number of nitrogens with zero attached hydrogens (tertiary/aromatic N) is 4. The van der Waals surface area contributed by atoms with E-state index in [-0.39, 0.29) is 0 Å². The van der Waals surface area contributed by atoms with Crippen LogP contribution in [-0.2, 0) is 7.05 Å². The van der Waals surface area contributed by atoms with Crippen molar-refractivity contribution in [3.8, 4) is 0 Å². The molecule has 0 aromatic carbocycles. The summed E-state index contributed by atoms with van der Waals surface area (Å²) in [6, 6.07) is 4.65. The zero-order valence-electron chi connectivity index (χ0n) is 12.4. The maximum Gasteiger partial charge on any atom is 0.125 e. The first-order valence-corrected chi connectivity index (χ1v) is 7.85. The summed E-state index contributed by atoms with van der Waals surface area (Å²) in [4.78, 5) is 0. The van der Waals surface area contributed by atoms with Gasteiger partial charge in [0.1, 0.15) is 5.82 Å². The van der Waals surface area contributed by atoms with Crippen molar-refractivity contribution in [2.45, 2.75) is 31.2 Å². The van der Waals surface area contributed by atoms with Crippen LogP contribution in [0.5, 0.6) is 0 Å². The summed E-state index contributed by atoms with van der Waals surface area (Å²) in [5.74, 6) is 1.75. The van der Waals surface area contributed by atoms with Gasteiger partial charge in [-0.15, -0.1) is 0 Å². The van der Waals surface area contributed by atoms with Gasteiger partial charge in [0, 0.05) is 31.8 Å². The zero-order chi connectivity index (χ0) is 14.2. The van der Waals surface area contributed by atoms with E-state index in [1.54, 1.807) is 0 Å². The summed E-state index contributed by atoms with van der Waals surface area (Å²) in [7, 11) is 2.01. The molecule has 2 aliphatic heterocycles. The highest BCUT2D eigenvalue weighted by atomic mass is 15.4. The summed E-state index contributed by atoms with van der Waals surface area (Å²) in [5.41, 5.74) is 2.48. The van der Waals surface area contributed by atoms with Crippen molar-refractivity contribution in [1.82, 2.24) is 24.9 Å². The summed E-state index contributed by atoms with van der Waals surface area (Å²) < 4.78 is 4.13. The van der Waals surface area contributed by atoms with Crippen LogP contribution in [0.25, 0.3) is 0 Å². The van der Waals surface area contributed by atoms with Crippen LogP contribution in [0.4, 0.5) is 5.82 Å². The van der Waals surface area contributed by atoms with Gasteiger partial charge in [0.15, 0.2) is 0 Å². The van der Waals surface area contributed by atoms with E-state index in [0.29, 0.717) is 12.0 Å². The van der Waals surface area contributed by atoms with Gasteiger partial charge in [0.25, 0.3) is 0 Å². The Balaban J connectivity index is 1.68. The Morgan fingerprint density at radius 1 is 1.19 bits per heavy atom. The molecule has 2 aromatic rings. The second kappa shape index (κ2) is 5.18. The van der Waals surface area contributed by atoms with Crippen molar-refractivity contribution in [3.63, 3.8) is 0 Å². The van der Waals surface area contributed by atoms with Crippen LogP contribution in [0.1, 0.15) is 42.6 Å². The van der Waals surface area contributed by atoms with Gasteiger partial charge in [-0.25, -0.2) is 4.68 Å². The fraction of sp³-hybridized carbons (Fsp3) is 0.600. The molecule has 6 heteroatoms. The quantitative estimate of drug-likeness (QED) is 0.878. The molecule has 1 atom stereocenters. The van der Waals surface area contributed by atoms with E-state index >= 15 is 0 Å². The normalized spacial score (nSPS) is 22.8. The Morgan fingerprint density at radius 3 is 2.81 bits per heavy atom. The highest BCUT2D eigenvalue weighted by Gasteiger charge is 2.27. The van der Waals surface area contributed by atoms with E-state index in [1.807, 2.05) is 17.9 Å². The van der Waals surface area contributed by atoms with E-state index in [9.17, 15) is 0 Å². The van der Waals surface area contributed by atoms with Gasteiger partial charge in [-0.2, -0.15) is 10.2 Å². The smallest absolute Gasteiger partial charge is 0.125 e. The van der Waals surface area contributed by atoms with E-state index < -0.39 is 0 Å². The van der Waals surface area contributed by atoms with Crippen LogP contribution >= 0.6 is 0 Å². The molecule has 4 rings (SSSR count). The van der Waals surface area contributed by atoms with Crippen LogP contribution in [0, 0.1) is 0 Å². The van der Waals surface area contributed by atoms with Crippen molar-refractivity contribution in [1.29, 1.82) is 0 Å². The molecule has 4 heterocycles. The van der Waals surface area contributed by atoms with Gasteiger partial charge in [0.2, 0.25) is 0 Å². The third-order valence-corrected chi connectivity index (χ3v) is 4.73. The van der Waals surface area contributed by atoms with E-state index in [4.69, 9.17) is 5.10 Å². The number of fused-ring (bicyclic) bond motifs is 1. The number of nitrogens with one attached hydrogen (secondary N) is 2. The van der Waals surface area contributed by atoms with Gasteiger partial charge in [-0.3, -0.25) is 4.68 Å². The summed E-state index contributed by atoms with van der Waals surface area (Å²) in [5, 5.41) is 16.2. The Morgan fingerprint density at radius 2 is 2.05 bits per heavy atom. The van der Waals surface area contributed by atoms with Crippen LogP contribution in [0.3, 0.4) is 0 Å². The SMILES string of the molecule is Cn1nccc1C1CCNc2cc(C3CCNCC3)nn21. The van der Waals surface area contributed by atoms with Gasteiger partial charge in [-0.05, 0) is 38.4 Å². The van der Waals surface area contributed by atoms with Crippen molar-refractivity contribution >= 4 is 5.82 Å². The molecule has 6 nitrogen and oxygen atoms in total. The van der Waals surface area contributed by atoms with Crippen LogP contribution in [0.15, 0.2) is 18.3 Å². The lowest BCUT2D eigenvalue weighted by Gasteiger charge is -2.25. The number of aryl methyl sites for hydroxylation is 1. The van der Waals surface area contributed by atoms with Crippen LogP contribution in [-0.4, -0.2) is 39.2 Å². The highest BCUT2D eigenvalue weighted by molar-refractivity contribution is 5.41. The molecule has 1 saturated heterocycles. The zero-order valence-corrected chi connectivity index (χ0v) is 12.4. The number of anilines is 1. The molecule has 0 aliphatic carbocycles. The standard InChI is InChI=1S/C15H22N6/c1-20-13(5-9-18-20)14-4-8-17-15-10-12(19-21(14)15)11-2-6-16-7-3-11/h5,9-11,14,16-17H,2-4,6-8H2,1H3. The molecule has 2 aliphatic rings. The fourth-order valence-corrected chi connectivity index (χ4v) is 3.54. The molecule has 2 N–H and O–H groups in total. The molecule has 2 aromatic heterocycles. The summed E-state index contributed by atoms with van der Waals surface area (Å²) >= 11 is 0. The van der Waals surface area contributed by atoms with Crippen molar-refractivity contribution < 1.29 is 0 Å². The molecular weight excluding hydrogens is 264 g/mol. The molecule has 112 valence electrons. The van der Waals surface area contributed by atoms with Gasteiger partial charge in [0.05, 0.1) is 17.4 Å². The lowest BCUT2D eigenvalue weighted by molar-refractivity contribution is 0.424.